The van der Waals surface area contributed by atoms with Crippen LogP contribution in [0.15, 0.2) is 23.2 Å². The lowest BCUT2D eigenvalue weighted by Gasteiger charge is -2.31. The molecular weight excluding hydrogens is 360 g/mol. The number of thiophene rings is 1. The molecule has 0 aromatic carbocycles. The van der Waals surface area contributed by atoms with Crippen molar-refractivity contribution in [3.05, 3.63) is 23.2 Å². The number of hydrogen-bond donors (Lipinski definition) is 4. The molecule has 8 nitrogen and oxygen atoms in total. The summed E-state index contributed by atoms with van der Waals surface area (Å²) in [6.07, 6.45) is 4.12. The zero-order chi connectivity index (χ0) is 19.2. The highest BCUT2D eigenvalue weighted by Crippen LogP contribution is 2.27. The van der Waals surface area contributed by atoms with E-state index in [1.165, 1.54) is 0 Å². The molecule has 1 aliphatic heterocycles. The van der Waals surface area contributed by atoms with Crippen LogP contribution in [0.1, 0.15) is 26.2 Å². The van der Waals surface area contributed by atoms with E-state index in [0.717, 1.165) is 42.7 Å². The molecule has 3 heterocycles. The maximum absolute atomic E-state index is 8.71. The summed E-state index contributed by atoms with van der Waals surface area (Å²) in [6.45, 7) is 4.52. The maximum atomic E-state index is 8.71. The summed E-state index contributed by atoms with van der Waals surface area (Å²) in [7, 11) is 0. The molecule has 0 radical (unpaired) electrons. The van der Waals surface area contributed by atoms with Crippen LogP contribution in [-0.2, 0) is 0 Å². The highest BCUT2D eigenvalue weighted by atomic mass is 32.1. The van der Waals surface area contributed by atoms with E-state index in [0.29, 0.717) is 29.9 Å². The van der Waals surface area contributed by atoms with Crippen LogP contribution in [0, 0.1) is 16.7 Å². The minimum Gasteiger partial charge on any atom is -0.402 e. The molecule has 9 heteroatoms. The number of amidine groups is 1. The smallest absolute Gasteiger partial charge is 0.226 e. The molecule has 1 saturated heterocycles. The Balaban J connectivity index is 1.69. The van der Waals surface area contributed by atoms with E-state index >= 15 is 0 Å². The van der Waals surface area contributed by atoms with Crippen LogP contribution in [0.4, 0.5) is 11.8 Å². The molecule has 27 heavy (non-hydrogen) atoms. The van der Waals surface area contributed by atoms with E-state index in [-0.39, 0.29) is 5.84 Å². The van der Waals surface area contributed by atoms with Crippen molar-refractivity contribution in [3.8, 4) is 6.07 Å². The Morgan fingerprint density at radius 2 is 2.26 bits per heavy atom. The van der Waals surface area contributed by atoms with E-state index in [9.17, 15) is 0 Å². The van der Waals surface area contributed by atoms with Gasteiger partial charge in [-0.25, -0.2) is 4.98 Å². The van der Waals surface area contributed by atoms with Crippen LogP contribution in [0.2, 0.25) is 0 Å². The first-order valence-electron chi connectivity index (χ1n) is 8.95. The molecule has 0 amide bonds. The molecule has 0 unspecified atom stereocenters. The first-order valence-corrected chi connectivity index (χ1v) is 9.83. The fraction of sp³-hybridized carbons (Fsp3) is 0.444. The summed E-state index contributed by atoms with van der Waals surface area (Å²) in [6, 6.07) is 4.46. The summed E-state index contributed by atoms with van der Waals surface area (Å²) in [4.78, 5) is 12.4. The molecule has 1 fully saturated rings. The van der Waals surface area contributed by atoms with Gasteiger partial charge in [-0.2, -0.15) is 10.2 Å². The van der Waals surface area contributed by atoms with Gasteiger partial charge >= 0.3 is 0 Å². The molecule has 142 valence electrons. The number of rotatable bonds is 6. The number of nitrogens with two attached hydrogens (primary N) is 1. The van der Waals surface area contributed by atoms with Crippen molar-refractivity contribution >= 4 is 39.2 Å². The molecule has 2 aromatic heterocycles. The normalized spacial score (nSPS) is 16.2. The van der Waals surface area contributed by atoms with Crippen LogP contribution < -0.4 is 16.4 Å². The van der Waals surface area contributed by atoms with E-state index in [4.69, 9.17) is 16.4 Å². The molecule has 0 spiro atoms. The summed E-state index contributed by atoms with van der Waals surface area (Å²) < 4.78 is 0. The minimum atomic E-state index is 0.193. The van der Waals surface area contributed by atoms with Crippen LogP contribution in [0.3, 0.4) is 0 Å². The van der Waals surface area contributed by atoms with Gasteiger partial charge in [-0.3, -0.25) is 5.41 Å². The fourth-order valence-electron chi connectivity index (χ4n) is 3.10. The number of piperidine rings is 1. The van der Waals surface area contributed by atoms with Gasteiger partial charge in [-0.15, -0.1) is 11.3 Å². The third kappa shape index (κ3) is 5.15. The molecule has 1 aliphatic rings. The molecule has 0 aliphatic carbocycles. The number of likely N-dealkylation sites (tertiary alicyclic amines) is 1. The van der Waals surface area contributed by atoms with Crippen molar-refractivity contribution in [3.63, 3.8) is 0 Å². The van der Waals surface area contributed by atoms with Gasteiger partial charge in [0.05, 0.1) is 11.5 Å². The van der Waals surface area contributed by atoms with Crippen molar-refractivity contribution in [2.75, 3.05) is 30.3 Å². The third-order valence-corrected chi connectivity index (χ3v) is 5.22. The first-order chi connectivity index (χ1) is 13.0. The van der Waals surface area contributed by atoms with Crippen LogP contribution in [0.25, 0.3) is 10.2 Å². The summed E-state index contributed by atoms with van der Waals surface area (Å²) in [5.41, 5.74) is 6.21. The lowest BCUT2D eigenvalue weighted by molar-refractivity contribution is 0.223. The molecule has 0 bridgehead atoms. The van der Waals surface area contributed by atoms with E-state index in [1.54, 1.807) is 24.3 Å². The number of allylic oxidation sites excluding steroid dienone is 1. The average Bonchev–Trinajstić information content (AvgIpc) is 3.09. The summed E-state index contributed by atoms with van der Waals surface area (Å²) in [5.74, 6) is 1.37. The Morgan fingerprint density at radius 3 is 2.96 bits per heavy atom. The van der Waals surface area contributed by atoms with Crippen molar-refractivity contribution in [2.24, 2.45) is 5.73 Å². The van der Waals surface area contributed by atoms with Gasteiger partial charge in [-0.1, -0.05) is 0 Å². The SMILES string of the molecule is C/C(N)=C/C(=N)Nc1nc(NC2CCN(CCC#N)CC2)nc2sccc12. The lowest BCUT2D eigenvalue weighted by Crippen LogP contribution is -2.39. The second-order valence-corrected chi connectivity index (χ2v) is 7.53. The van der Waals surface area contributed by atoms with E-state index in [2.05, 4.69) is 31.6 Å². The number of hydrogen-bond acceptors (Lipinski definition) is 8. The molecule has 5 N–H and O–H groups in total. The van der Waals surface area contributed by atoms with Crippen molar-refractivity contribution < 1.29 is 0 Å². The van der Waals surface area contributed by atoms with Crippen LogP contribution >= 0.6 is 11.3 Å². The van der Waals surface area contributed by atoms with Gasteiger partial charge < -0.3 is 21.3 Å². The second-order valence-electron chi connectivity index (χ2n) is 6.63. The zero-order valence-corrected chi connectivity index (χ0v) is 16.1. The van der Waals surface area contributed by atoms with Gasteiger partial charge in [-0.05, 0) is 37.3 Å². The molecule has 0 saturated carbocycles. The Kier molecular flexibility index (Phi) is 6.21. The van der Waals surface area contributed by atoms with Crippen molar-refractivity contribution in [1.82, 2.24) is 14.9 Å². The van der Waals surface area contributed by atoms with Crippen LogP contribution in [0.5, 0.6) is 0 Å². The quantitative estimate of drug-likeness (QED) is 0.445. The highest BCUT2D eigenvalue weighted by molar-refractivity contribution is 7.16. The molecule has 2 aromatic rings. The molecule has 0 atom stereocenters. The predicted molar refractivity (Wildman–Crippen MR) is 110 cm³/mol. The third-order valence-electron chi connectivity index (χ3n) is 4.41. The number of nitrogens with zero attached hydrogens (tertiary/aromatic N) is 4. The van der Waals surface area contributed by atoms with Crippen LogP contribution in [-0.4, -0.2) is 46.4 Å². The predicted octanol–water partition coefficient (Wildman–Crippen LogP) is 2.73. The average molecular weight is 385 g/mol. The summed E-state index contributed by atoms with van der Waals surface area (Å²) in [5, 5.41) is 26.0. The number of nitrogens with one attached hydrogen (secondary N) is 3. The topological polar surface area (TPSA) is 127 Å². The maximum Gasteiger partial charge on any atom is 0.226 e. The zero-order valence-electron chi connectivity index (χ0n) is 15.3. The van der Waals surface area contributed by atoms with Crippen molar-refractivity contribution in [2.45, 2.75) is 32.2 Å². The summed E-state index contributed by atoms with van der Waals surface area (Å²) >= 11 is 1.55. The monoisotopic (exact) mass is 384 g/mol. The Hall–Kier alpha value is -2.70. The highest BCUT2D eigenvalue weighted by Gasteiger charge is 2.20. The Labute approximate surface area is 162 Å². The largest absolute Gasteiger partial charge is 0.402 e. The Bertz CT molecular complexity index is 869. The number of anilines is 2. The van der Waals surface area contributed by atoms with Gasteiger partial charge in [0.25, 0.3) is 0 Å². The number of aromatic nitrogens is 2. The van der Waals surface area contributed by atoms with Crippen molar-refractivity contribution in [1.29, 1.82) is 10.7 Å². The number of nitriles is 1. The van der Waals surface area contributed by atoms with Gasteiger partial charge in [0.1, 0.15) is 16.5 Å². The minimum absolute atomic E-state index is 0.193. The Morgan fingerprint density at radius 1 is 1.48 bits per heavy atom. The van der Waals surface area contributed by atoms with Gasteiger partial charge in [0.2, 0.25) is 5.95 Å². The molecular formula is C18H24N8S. The first kappa shape index (κ1) is 19.1. The van der Waals surface area contributed by atoms with Gasteiger partial charge in [0.15, 0.2) is 0 Å². The number of fused-ring (bicyclic) bond motifs is 1. The van der Waals surface area contributed by atoms with E-state index < -0.39 is 0 Å². The fourth-order valence-corrected chi connectivity index (χ4v) is 3.86. The molecule has 3 rings (SSSR count). The van der Waals surface area contributed by atoms with E-state index in [1.807, 2.05) is 11.4 Å². The standard InChI is InChI=1S/C18H24N8S/c1-12(20)11-15(21)23-16-14-5-10-27-17(14)25-18(24-16)22-13-3-8-26(9-4-13)7-2-6-19/h5,10-11,13H,2-4,7-9,20H2,1H3,(H3,21,22,23,24,25)/b12-11-. The second kappa shape index (κ2) is 8.79. The van der Waals surface area contributed by atoms with Gasteiger partial charge in [0, 0.05) is 37.8 Å². The lowest BCUT2D eigenvalue weighted by atomic mass is 10.1.